The van der Waals surface area contributed by atoms with Crippen LogP contribution in [0.15, 0.2) is 4.79 Å². The van der Waals surface area contributed by atoms with Gasteiger partial charge in [0.15, 0.2) is 3.95 Å². The van der Waals surface area contributed by atoms with Crippen LogP contribution >= 0.6 is 23.6 Å². The molecule has 0 aromatic carbocycles. The molecule has 15 heavy (non-hydrogen) atoms. The molecule has 4 nitrogen and oxygen atoms in total. The SMILES string of the molecule is CC(C)(C)c1nc2sc(=S)[nH]c2c(=O)[nH]1. The Morgan fingerprint density at radius 1 is 1.33 bits per heavy atom. The number of nitrogens with one attached hydrogen (secondary N) is 2. The summed E-state index contributed by atoms with van der Waals surface area (Å²) in [4.78, 5) is 22.4. The Kier molecular flexibility index (Phi) is 2.27. The number of aromatic nitrogens is 3. The second-order valence-electron chi connectivity index (χ2n) is 4.36. The summed E-state index contributed by atoms with van der Waals surface area (Å²) in [6, 6.07) is 0. The summed E-state index contributed by atoms with van der Waals surface area (Å²) in [5, 5.41) is 0. The Bertz CT molecular complexity index is 615. The molecule has 0 radical (unpaired) electrons. The zero-order chi connectivity index (χ0) is 11.2. The molecule has 0 unspecified atom stereocenters. The van der Waals surface area contributed by atoms with E-state index in [0.29, 0.717) is 20.1 Å². The molecule has 2 rings (SSSR count). The third-order valence-electron chi connectivity index (χ3n) is 2.01. The van der Waals surface area contributed by atoms with E-state index < -0.39 is 0 Å². The van der Waals surface area contributed by atoms with Gasteiger partial charge in [-0.1, -0.05) is 32.1 Å². The van der Waals surface area contributed by atoms with Crippen LogP contribution in [0.4, 0.5) is 0 Å². The van der Waals surface area contributed by atoms with Crippen molar-refractivity contribution >= 4 is 33.9 Å². The van der Waals surface area contributed by atoms with E-state index in [2.05, 4.69) is 15.0 Å². The summed E-state index contributed by atoms with van der Waals surface area (Å²) < 4.78 is 0.578. The van der Waals surface area contributed by atoms with Crippen molar-refractivity contribution in [2.24, 2.45) is 0 Å². The minimum Gasteiger partial charge on any atom is -0.331 e. The minimum absolute atomic E-state index is 0.155. The van der Waals surface area contributed by atoms with Crippen molar-refractivity contribution in [1.82, 2.24) is 15.0 Å². The molecule has 0 spiro atoms. The molecule has 2 N–H and O–H groups in total. The normalized spacial score (nSPS) is 12.2. The molecule has 2 aromatic rings. The monoisotopic (exact) mass is 241 g/mol. The lowest BCUT2D eigenvalue weighted by atomic mass is 9.96. The molecule has 0 bridgehead atoms. The van der Waals surface area contributed by atoms with Crippen LogP contribution in [0.2, 0.25) is 0 Å². The van der Waals surface area contributed by atoms with Gasteiger partial charge in [0.05, 0.1) is 0 Å². The van der Waals surface area contributed by atoms with E-state index >= 15 is 0 Å². The van der Waals surface area contributed by atoms with Crippen molar-refractivity contribution in [2.45, 2.75) is 26.2 Å². The highest BCUT2D eigenvalue weighted by atomic mass is 32.1. The standard InChI is InChI=1S/C9H11N3OS2/c1-9(2,3)7-11-5(13)4-6(12-7)15-8(14)10-4/h1-3H3,(H,10,14)(H,11,12,13). The lowest BCUT2D eigenvalue weighted by molar-refractivity contribution is 0.546. The van der Waals surface area contributed by atoms with E-state index in [-0.39, 0.29) is 11.0 Å². The molecule has 2 aromatic heterocycles. The Hall–Kier alpha value is -1.01. The highest BCUT2D eigenvalue weighted by Crippen LogP contribution is 2.20. The molecule has 0 saturated carbocycles. The minimum atomic E-state index is -0.168. The maximum absolute atomic E-state index is 11.7. The molecule has 0 aliphatic carbocycles. The van der Waals surface area contributed by atoms with Gasteiger partial charge in [-0.3, -0.25) is 4.79 Å². The second kappa shape index (κ2) is 3.24. The van der Waals surface area contributed by atoms with Crippen LogP contribution in [0.3, 0.4) is 0 Å². The molecular formula is C9H11N3OS2. The van der Waals surface area contributed by atoms with E-state index in [1.165, 1.54) is 11.3 Å². The first kappa shape index (κ1) is 10.5. The average molecular weight is 241 g/mol. The molecule has 0 amide bonds. The van der Waals surface area contributed by atoms with Gasteiger partial charge < -0.3 is 9.97 Å². The van der Waals surface area contributed by atoms with Gasteiger partial charge in [-0.2, -0.15) is 0 Å². The van der Waals surface area contributed by atoms with Crippen molar-refractivity contribution in [1.29, 1.82) is 0 Å². The third-order valence-corrected chi connectivity index (χ3v) is 3.14. The largest absolute Gasteiger partial charge is 0.331 e. The number of aromatic amines is 2. The summed E-state index contributed by atoms with van der Waals surface area (Å²) in [7, 11) is 0. The van der Waals surface area contributed by atoms with Gasteiger partial charge >= 0.3 is 0 Å². The third kappa shape index (κ3) is 1.87. The lowest BCUT2D eigenvalue weighted by Gasteiger charge is -2.16. The Morgan fingerprint density at radius 2 is 2.00 bits per heavy atom. The van der Waals surface area contributed by atoms with Crippen LogP contribution in [-0.2, 0) is 5.41 Å². The quantitative estimate of drug-likeness (QED) is 0.696. The maximum atomic E-state index is 11.7. The fourth-order valence-electron chi connectivity index (χ4n) is 1.21. The van der Waals surface area contributed by atoms with Gasteiger partial charge in [-0.05, 0) is 12.2 Å². The van der Waals surface area contributed by atoms with Gasteiger partial charge in [-0.15, -0.1) is 0 Å². The van der Waals surface area contributed by atoms with Gasteiger partial charge in [0.2, 0.25) is 0 Å². The predicted molar refractivity (Wildman–Crippen MR) is 64.1 cm³/mol. The summed E-state index contributed by atoms with van der Waals surface area (Å²) in [6.45, 7) is 6.01. The highest BCUT2D eigenvalue weighted by Gasteiger charge is 2.18. The summed E-state index contributed by atoms with van der Waals surface area (Å²) in [6.07, 6.45) is 0. The number of H-pyrrole nitrogens is 2. The van der Waals surface area contributed by atoms with Crippen LogP contribution in [0.5, 0.6) is 0 Å². The highest BCUT2D eigenvalue weighted by molar-refractivity contribution is 7.73. The molecule has 0 aliphatic rings. The average Bonchev–Trinajstić information content (AvgIpc) is 2.44. The van der Waals surface area contributed by atoms with Gasteiger partial charge in [0, 0.05) is 5.41 Å². The van der Waals surface area contributed by atoms with E-state index in [4.69, 9.17) is 12.2 Å². The number of nitrogens with zero attached hydrogens (tertiary/aromatic N) is 1. The van der Waals surface area contributed by atoms with E-state index in [1.807, 2.05) is 20.8 Å². The summed E-state index contributed by atoms with van der Waals surface area (Å²) in [5.74, 6) is 0.685. The van der Waals surface area contributed by atoms with Gasteiger partial charge in [0.25, 0.3) is 5.56 Å². The topological polar surface area (TPSA) is 61.5 Å². The Labute approximate surface area is 95.4 Å². The van der Waals surface area contributed by atoms with Crippen LogP contribution in [-0.4, -0.2) is 15.0 Å². The zero-order valence-corrected chi connectivity index (χ0v) is 10.3. The van der Waals surface area contributed by atoms with Crippen molar-refractivity contribution in [3.63, 3.8) is 0 Å². The van der Waals surface area contributed by atoms with Crippen LogP contribution in [0.25, 0.3) is 10.3 Å². The molecule has 2 heterocycles. The number of hydrogen-bond acceptors (Lipinski definition) is 4. The molecule has 0 atom stereocenters. The lowest BCUT2D eigenvalue weighted by Crippen LogP contribution is -2.21. The first-order valence-corrected chi connectivity index (χ1v) is 5.74. The second-order valence-corrected chi connectivity index (χ2v) is 6.02. The first-order valence-electron chi connectivity index (χ1n) is 4.51. The molecule has 0 saturated heterocycles. The number of rotatable bonds is 0. The molecule has 0 aliphatic heterocycles. The van der Waals surface area contributed by atoms with Crippen molar-refractivity contribution < 1.29 is 0 Å². The van der Waals surface area contributed by atoms with Crippen LogP contribution in [0, 0.1) is 3.95 Å². The summed E-state index contributed by atoms with van der Waals surface area (Å²) >= 11 is 6.30. The van der Waals surface area contributed by atoms with E-state index in [1.54, 1.807) is 0 Å². The van der Waals surface area contributed by atoms with Gasteiger partial charge in [-0.25, -0.2) is 4.98 Å². The van der Waals surface area contributed by atoms with Crippen LogP contribution < -0.4 is 5.56 Å². The van der Waals surface area contributed by atoms with E-state index in [9.17, 15) is 4.79 Å². The Balaban J connectivity index is 2.84. The predicted octanol–water partition coefficient (Wildman–Crippen LogP) is 2.34. The molecular weight excluding hydrogens is 230 g/mol. The fourth-order valence-corrected chi connectivity index (χ4v) is 2.26. The fraction of sp³-hybridized carbons (Fsp3) is 0.444. The molecule has 6 heteroatoms. The Morgan fingerprint density at radius 3 is 2.60 bits per heavy atom. The van der Waals surface area contributed by atoms with Gasteiger partial charge in [0.1, 0.15) is 16.2 Å². The first-order chi connectivity index (χ1) is 6.88. The number of thiazole rings is 1. The summed E-state index contributed by atoms with van der Waals surface area (Å²) in [5.41, 5.74) is 0.147. The molecule has 80 valence electrons. The number of fused-ring (bicyclic) bond motifs is 1. The zero-order valence-electron chi connectivity index (χ0n) is 8.67. The number of hydrogen-bond donors (Lipinski definition) is 2. The van der Waals surface area contributed by atoms with Crippen molar-refractivity contribution in [2.75, 3.05) is 0 Å². The van der Waals surface area contributed by atoms with Crippen molar-refractivity contribution in [3.05, 3.63) is 20.1 Å². The van der Waals surface area contributed by atoms with Crippen molar-refractivity contribution in [3.8, 4) is 0 Å². The van der Waals surface area contributed by atoms with E-state index in [0.717, 1.165) is 0 Å². The molecule has 0 fully saturated rings. The van der Waals surface area contributed by atoms with Crippen LogP contribution in [0.1, 0.15) is 26.6 Å². The smallest absolute Gasteiger partial charge is 0.276 e. The maximum Gasteiger partial charge on any atom is 0.276 e.